The van der Waals surface area contributed by atoms with Gasteiger partial charge in [-0.1, -0.05) is 33.8 Å². The Hall–Kier alpha value is -1.04. The first kappa shape index (κ1) is 21.0. The van der Waals surface area contributed by atoms with Gasteiger partial charge in [0.15, 0.2) is 0 Å². The molecule has 3 nitrogen and oxygen atoms in total. The molecule has 1 N–H and O–H groups in total. The zero-order valence-electron chi connectivity index (χ0n) is 14.5. The second kappa shape index (κ2) is 7.02. The van der Waals surface area contributed by atoms with Gasteiger partial charge in [-0.3, -0.25) is 10.1 Å². The molecule has 22 heavy (non-hydrogen) atoms. The Labute approximate surface area is 131 Å². The maximum absolute atomic E-state index is 13.4. The SMILES string of the molecule is C=CC(C)(C)[C@@H](N[C@@H](C(=O)OC(C)(C)C)C(C)C)C(F)(F)F. The van der Waals surface area contributed by atoms with Crippen LogP contribution in [0.3, 0.4) is 0 Å². The van der Waals surface area contributed by atoms with Crippen molar-refractivity contribution in [2.24, 2.45) is 11.3 Å². The van der Waals surface area contributed by atoms with Crippen molar-refractivity contribution in [3.05, 3.63) is 12.7 Å². The summed E-state index contributed by atoms with van der Waals surface area (Å²) in [6.07, 6.45) is -3.27. The molecule has 0 aromatic heterocycles. The lowest BCUT2D eigenvalue weighted by Gasteiger charge is -2.37. The minimum Gasteiger partial charge on any atom is -0.459 e. The van der Waals surface area contributed by atoms with Crippen molar-refractivity contribution < 1.29 is 22.7 Å². The first-order chi connectivity index (χ1) is 9.62. The van der Waals surface area contributed by atoms with Gasteiger partial charge in [0, 0.05) is 5.41 Å². The van der Waals surface area contributed by atoms with Crippen molar-refractivity contribution in [1.82, 2.24) is 5.32 Å². The monoisotopic (exact) mass is 323 g/mol. The van der Waals surface area contributed by atoms with Crippen LogP contribution in [-0.4, -0.2) is 29.8 Å². The van der Waals surface area contributed by atoms with Gasteiger partial charge in [-0.25, -0.2) is 0 Å². The van der Waals surface area contributed by atoms with E-state index in [1.54, 1.807) is 34.6 Å². The van der Waals surface area contributed by atoms with E-state index in [0.717, 1.165) is 0 Å². The molecule has 0 unspecified atom stereocenters. The Morgan fingerprint density at radius 1 is 1.14 bits per heavy atom. The maximum Gasteiger partial charge on any atom is 0.404 e. The van der Waals surface area contributed by atoms with Gasteiger partial charge in [-0.2, -0.15) is 13.2 Å². The molecule has 2 atom stereocenters. The van der Waals surface area contributed by atoms with Crippen LogP contribution in [-0.2, 0) is 9.53 Å². The van der Waals surface area contributed by atoms with Gasteiger partial charge in [0.2, 0.25) is 0 Å². The van der Waals surface area contributed by atoms with Gasteiger partial charge < -0.3 is 4.74 Å². The summed E-state index contributed by atoms with van der Waals surface area (Å²) in [4.78, 5) is 12.2. The third kappa shape index (κ3) is 6.38. The van der Waals surface area contributed by atoms with E-state index in [2.05, 4.69) is 11.9 Å². The largest absolute Gasteiger partial charge is 0.459 e. The lowest BCUT2D eigenvalue weighted by molar-refractivity contribution is -0.182. The summed E-state index contributed by atoms with van der Waals surface area (Å²) >= 11 is 0. The zero-order chi connectivity index (χ0) is 17.9. The highest BCUT2D eigenvalue weighted by Crippen LogP contribution is 2.35. The molecule has 0 radical (unpaired) electrons. The van der Waals surface area contributed by atoms with Crippen molar-refractivity contribution in [2.75, 3.05) is 0 Å². The van der Waals surface area contributed by atoms with Gasteiger partial charge in [-0.05, 0) is 26.7 Å². The molecule has 0 aliphatic heterocycles. The molecule has 130 valence electrons. The van der Waals surface area contributed by atoms with Gasteiger partial charge in [0.25, 0.3) is 0 Å². The summed E-state index contributed by atoms with van der Waals surface area (Å²) in [5.41, 5.74) is -2.01. The lowest BCUT2D eigenvalue weighted by Crippen LogP contribution is -2.58. The predicted molar refractivity (Wildman–Crippen MR) is 81.4 cm³/mol. The molecule has 0 saturated heterocycles. The van der Waals surface area contributed by atoms with Crippen LogP contribution >= 0.6 is 0 Å². The van der Waals surface area contributed by atoms with E-state index in [0.29, 0.717) is 0 Å². The molecule has 0 spiro atoms. The standard InChI is InChI=1S/C16H28F3NO2/c1-9-15(7,8)13(16(17,18)19)20-11(10(2)3)12(21)22-14(4,5)6/h9-11,13,20H,1H2,2-8H3/t11-,13-/m1/s1. The average molecular weight is 323 g/mol. The first-order valence-corrected chi connectivity index (χ1v) is 7.31. The Balaban J connectivity index is 5.44. The highest BCUT2D eigenvalue weighted by Gasteiger charge is 2.49. The van der Waals surface area contributed by atoms with Crippen molar-refractivity contribution in [1.29, 1.82) is 0 Å². The number of carbonyl (C=O) groups is 1. The number of alkyl halides is 3. The highest BCUT2D eigenvalue weighted by atomic mass is 19.4. The molecule has 0 heterocycles. The molecule has 0 saturated carbocycles. The van der Waals surface area contributed by atoms with Crippen molar-refractivity contribution >= 4 is 5.97 Å². The second-order valence-electron chi connectivity index (χ2n) is 7.42. The zero-order valence-corrected chi connectivity index (χ0v) is 14.5. The number of esters is 1. The second-order valence-corrected chi connectivity index (χ2v) is 7.42. The van der Waals surface area contributed by atoms with Gasteiger partial charge >= 0.3 is 12.1 Å². The number of rotatable bonds is 6. The summed E-state index contributed by atoms with van der Waals surface area (Å²) in [5.74, 6) is -1.03. The fourth-order valence-corrected chi connectivity index (χ4v) is 1.93. The van der Waals surface area contributed by atoms with E-state index < -0.39 is 35.2 Å². The van der Waals surface area contributed by atoms with Crippen molar-refractivity contribution in [3.8, 4) is 0 Å². The normalized spacial score (nSPS) is 16.3. The van der Waals surface area contributed by atoms with Gasteiger partial charge in [0.1, 0.15) is 17.7 Å². The topological polar surface area (TPSA) is 38.3 Å². The molecular weight excluding hydrogens is 295 g/mol. The summed E-state index contributed by atoms with van der Waals surface area (Å²) in [6.45, 7) is 14.7. The van der Waals surface area contributed by atoms with E-state index in [1.807, 2.05) is 0 Å². The van der Waals surface area contributed by atoms with Crippen LogP contribution in [0.1, 0.15) is 48.5 Å². The number of carbonyl (C=O) groups excluding carboxylic acids is 1. The fraction of sp³-hybridized carbons (Fsp3) is 0.812. The molecule has 0 fully saturated rings. The molecule has 0 aliphatic carbocycles. The van der Waals surface area contributed by atoms with Gasteiger partial charge in [-0.15, -0.1) is 6.58 Å². The predicted octanol–water partition coefficient (Wildman–Crippen LogP) is 4.09. The summed E-state index contributed by atoms with van der Waals surface area (Å²) in [7, 11) is 0. The number of hydrogen-bond donors (Lipinski definition) is 1. The Morgan fingerprint density at radius 3 is 1.86 bits per heavy atom. The molecule has 0 amide bonds. The van der Waals surface area contributed by atoms with E-state index in [-0.39, 0.29) is 5.92 Å². The molecule has 0 bridgehead atoms. The summed E-state index contributed by atoms with van der Waals surface area (Å²) in [6, 6.07) is -2.94. The Kier molecular flexibility index (Phi) is 6.69. The third-order valence-electron chi connectivity index (χ3n) is 3.27. The summed E-state index contributed by atoms with van der Waals surface area (Å²) < 4.78 is 45.3. The van der Waals surface area contributed by atoms with Crippen LogP contribution in [0, 0.1) is 11.3 Å². The third-order valence-corrected chi connectivity index (χ3v) is 3.27. The molecule has 6 heteroatoms. The smallest absolute Gasteiger partial charge is 0.404 e. The van der Waals surface area contributed by atoms with E-state index in [4.69, 9.17) is 4.74 Å². The molecule has 0 aliphatic rings. The van der Waals surface area contributed by atoms with E-state index >= 15 is 0 Å². The number of hydrogen-bond acceptors (Lipinski definition) is 3. The van der Waals surface area contributed by atoms with Crippen LogP contribution in [0.5, 0.6) is 0 Å². The first-order valence-electron chi connectivity index (χ1n) is 7.31. The average Bonchev–Trinajstić information content (AvgIpc) is 2.24. The fourth-order valence-electron chi connectivity index (χ4n) is 1.93. The molecule has 0 aromatic rings. The van der Waals surface area contributed by atoms with Crippen LogP contribution < -0.4 is 5.32 Å². The van der Waals surface area contributed by atoms with Crippen LogP contribution in [0.2, 0.25) is 0 Å². The minimum absolute atomic E-state index is 0.347. The van der Waals surface area contributed by atoms with Gasteiger partial charge in [0.05, 0.1) is 0 Å². The molecular formula is C16H28F3NO2. The maximum atomic E-state index is 13.4. The molecule has 0 aromatic carbocycles. The number of nitrogens with one attached hydrogen (secondary N) is 1. The molecule has 0 rings (SSSR count). The quantitative estimate of drug-likeness (QED) is 0.591. The highest BCUT2D eigenvalue weighted by molar-refractivity contribution is 5.76. The van der Waals surface area contributed by atoms with Crippen LogP contribution in [0.25, 0.3) is 0 Å². The van der Waals surface area contributed by atoms with E-state index in [1.165, 1.54) is 19.9 Å². The minimum atomic E-state index is -4.51. The number of halogens is 3. The van der Waals surface area contributed by atoms with Crippen molar-refractivity contribution in [2.45, 2.75) is 72.3 Å². The Morgan fingerprint density at radius 2 is 1.59 bits per heavy atom. The van der Waals surface area contributed by atoms with Crippen LogP contribution in [0.15, 0.2) is 12.7 Å². The van der Waals surface area contributed by atoms with Crippen molar-refractivity contribution in [3.63, 3.8) is 0 Å². The Bertz CT molecular complexity index is 395. The number of ether oxygens (including phenoxy) is 1. The van der Waals surface area contributed by atoms with E-state index in [9.17, 15) is 18.0 Å². The lowest BCUT2D eigenvalue weighted by atomic mass is 9.83. The summed E-state index contributed by atoms with van der Waals surface area (Å²) in [5, 5.41) is 2.44. The van der Waals surface area contributed by atoms with Crippen LogP contribution in [0.4, 0.5) is 13.2 Å².